The molecule has 0 atom stereocenters. The molecule has 2 aromatic rings. The van der Waals surface area contributed by atoms with Gasteiger partial charge in [0, 0.05) is 17.0 Å². The maximum absolute atomic E-state index is 12.4. The first kappa shape index (κ1) is 13.4. The van der Waals surface area contributed by atoms with Crippen molar-refractivity contribution in [2.45, 2.75) is 6.18 Å². The van der Waals surface area contributed by atoms with Crippen LogP contribution in [0.5, 0.6) is 10.8 Å². The van der Waals surface area contributed by atoms with Crippen LogP contribution in [0.2, 0.25) is 0 Å². The summed E-state index contributed by atoms with van der Waals surface area (Å²) in [7, 11) is 0. The molecule has 0 unspecified atom stereocenters. The van der Waals surface area contributed by atoms with Crippen molar-refractivity contribution in [1.29, 1.82) is 0 Å². The van der Waals surface area contributed by atoms with Crippen LogP contribution < -0.4 is 10.5 Å². The summed E-state index contributed by atoms with van der Waals surface area (Å²) >= 11 is 0.848. The molecule has 0 radical (unpaired) electrons. The molecule has 0 bridgehead atoms. The van der Waals surface area contributed by atoms with Crippen molar-refractivity contribution >= 4 is 17.2 Å². The number of halogens is 3. The second kappa shape index (κ2) is 4.93. The predicted octanol–water partition coefficient (Wildman–Crippen LogP) is 3.66. The Kier molecular flexibility index (Phi) is 3.48. The van der Waals surface area contributed by atoms with Crippen LogP contribution in [-0.2, 0) is 6.18 Å². The molecule has 3 nitrogen and oxygen atoms in total. The molecule has 0 saturated heterocycles. The van der Waals surface area contributed by atoms with Gasteiger partial charge in [-0.2, -0.15) is 13.2 Å². The number of benzene rings is 1. The molecule has 7 heteroatoms. The van der Waals surface area contributed by atoms with E-state index in [1.165, 1.54) is 24.3 Å². The van der Waals surface area contributed by atoms with Crippen LogP contribution in [0.1, 0.15) is 15.9 Å². The second-order valence-corrected chi connectivity index (χ2v) is 4.52. The minimum Gasteiger partial charge on any atom is -0.447 e. The molecule has 0 fully saturated rings. The quantitative estimate of drug-likeness (QED) is 0.936. The summed E-state index contributed by atoms with van der Waals surface area (Å²) in [4.78, 5) is 10.8. The summed E-state index contributed by atoms with van der Waals surface area (Å²) < 4.78 is 42.4. The number of hydrogen-bond donors (Lipinski definition) is 1. The third-order valence-corrected chi connectivity index (χ3v) is 3.07. The zero-order valence-corrected chi connectivity index (χ0v) is 10.2. The van der Waals surface area contributed by atoms with Crippen molar-refractivity contribution < 1.29 is 22.7 Å². The molecule has 0 saturated carbocycles. The minimum absolute atomic E-state index is 0.124. The lowest BCUT2D eigenvalue weighted by molar-refractivity contribution is -0.137. The Bertz CT molecular complexity index is 590. The van der Waals surface area contributed by atoms with Gasteiger partial charge < -0.3 is 10.5 Å². The summed E-state index contributed by atoms with van der Waals surface area (Å²) in [5.74, 6) is -0.248. The number of carbonyl (C=O) groups excluding carboxylic acids is 1. The van der Waals surface area contributed by atoms with E-state index in [1.54, 1.807) is 0 Å². The van der Waals surface area contributed by atoms with Gasteiger partial charge in [-0.05, 0) is 24.3 Å². The molecule has 2 N–H and O–H groups in total. The molecule has 1 heterocycles. The van der Waals surface area contributed by atoms with Crippen LogP contribution in [0, 0.1) is 0 Å². The van der Waals surface area contributed by atoms with Gasteiger partial charge in [0.25, 0.3) is 0 Å². The first-order valence-corrected chi connectivity index (χ1v) is 5.97. The summed E-state index contributed by atoms with van der Waals surface area (Å²) in [6, 6.07) is 6.73. The average molecular weight is 287 g/mol. The van der Waals surface area contributed by atoms with Gasteiger partial charge in [0.15, 0.2) is 5.06 Å². The van der Waals surface area contributed by atoms with Crippen molar-refractivity contribution in [3.63, 3.8) is 0 Å². The predicted molar refractivity (Wildman–Crippen MR) is 64.4 cm³/mol. The lowest BCUT2D eigenvalue weighted by Crippen LogP contribution is -2.10. The molecule has 1 aromatic heterocycles. The van der Waals surface area contributed by atoms with E-state index in [4.69, 9.17) is 10.5 Å². The van der Waals surface area contributed by atoms with E-state index in [-0.39, 0.29) is 5.06 Å². The van der Waals surface area contributed by atoms with Gasteiger partial charge in [0.2, 0.25) is 5.91 Å². The summed E-state index contributed by atoms with van der Waals surface area (Å²) in [5.41, 5.74) is 4.62. The monoisotopic (exact) mass is 287 g/mol. The molecule has 0 aliphatic heterocycles. The fourth-order valence-electron chi connectivity index (χ4n) is 1.32. The number of ether oxygens (including phenoxy) is 1. The van der Waals surface area contributed by atoms with Crippen LogP contribution >= 0.6 is 11.3 Å². The van der Waals surface area contributed by atoms with Crippen molar-refractivity contribution in [3.8, 4) is 10.8 Å². The largest absolute Gasteiger partial charge is 0.447 e. The Balaban J connectivity index is 2.13. The number of nitrogens with two attached hydrogens (primary N) is 1. The molecule has 0 aliphatic carbocycles. The van der Waals surface area contributed by atoms with Gasteiger partial charge >= 0.3 is 6.18 Å². The topological polar surface area (TPSA) is 52.3 Å². The Hall–Kier alpha value is -2.02. The average Bonchev–Trinajstić information content (AvgIpc) is 2.78. The van der Waals surface area contributed by atoms with E-state index in [1.807, 2.05) is 0 Å². The Labute approximate surface area is 110 Å². The molecular weight excluding hydrogens is 279 g/mol. The fraction of sp³-hybridized carbons (Fsp3) is 0.0833. The zero-order valence-electron chi connectivity index (χ0n) is 9.40. The van der Waals surface area contributed by atoms with E-state index in [2.05, 4.69) is 0 Å². The summed E-state index contributed by atoms with van der Waals surface area (Å²) in [6.07, 6.45) is -4.38. The second-order valence-electron chi connectivity index (χ2n) is 3.64. The number of amides is 1. The SMILES string of the molecule is NC(=O)c1ccc(Oc2cc(C(F)(F)F)cs2)cc1. The van der Waals surface area contributed by atoms with Crippen LogP contribution in [0.4, 0.5) is 13.2 Å². The van der Waals surface area contributed by atoms with E-state index in [0.717, 1.165) is 22.8 Å². The number of carbonyl (C=O) groups is 1. The molecule has 2 rings (SSSR count). The lowest BCUT2D eigenvalue weighted by atomic mass is 10.2. The molecular formula is C12H8F3NO2S. The number of alkyl halides is 3. The Morgan fingerprint density at radius 3 is 2.32 bits per heavy atom. The molecule has 1 aromatic carbocycles. The lowest BCUT2D eigenvalue weighted by Gasteiger charge is -2.03. The third-order valence-electron chi connectivity index (χ3n) is 2.26. The maximum atomic E-state index is 12.4. The highest BCUT2D eigenvalue weighted by atomic mass is 32.1. The van der Waals surface area contributed by atoms with Crippen molar-refractivity contribution in [2.24, 2.45) is 5.73 Å². The van der Waals surface area contributed by atoms with Crippen LogP contribution in [0.25, 0.3) is 0 Å². The number of rotatable bonds is 3. The fourth-order valence-corrected chi connectivity index (χ4v) is 2.11. The molecule has 0 spiro atoms. The normalized spacial score (nSPS) is 11.3. The van der Waals surface area contributed by atoms with Gasteiger partial charge in [-0.25, -0.2) is 0 Å². The van der Waals surface area contributed by atoms with Gasteiger partial charge in [0.1, 0.15) is 5.75 Å². The Morgan fingerprint density at radius 1 is 1.21 bits per heavy atom. The molecule has 0 aliphatic rings. The van der Waals surface area contributed by atoms with E-state index in [9.17, 15) is 18.0 Å². The summed E-state index contributed by atoms with van der Waals surface area (Å²) in [5, 5.41) is 1.10. The Morgan fingerprint density at radius 2 is 1.84 bits per heavy atom. The van der Waals surface area contributed by atoms with Gasteiger partial charge in [-0.3, -0.25) is 4.79 Å². The number of primary amides is 1. The third kappa shape index (κ3) is 3.25. The van der Waals surface area contributed by atoms with Crippen LogP contribution in [0.15, 0.2) is 35.7 Å². The smallest absolute Gasteiger partial charge is 0.417 e. The van der Waals surface area contributed by atoms with Gasteiger partial charge in [0.05, 0.1) is 5.56 Å². The first-order valence-electron chi connectivity index (χ1n) is 5.10. The van der Waals surface area contributed by atoms with E-state index >= 15 is 0 Å². The zero-order chi connectivity index (χ0) is 14.0. The van der Waals surface area contributed by atoms with Gasteiger partial charge in [-0.15, -0.1) is 11.3 Å². The molecule has 1 amide bonds. The maximum Gasteiger partial charge on any atom is 0.417 e. The number of thiophene rings is 1. The highest BCUT2D eigenvalue weighted by molar-refractivity contribution is 7.12. The van der Waals surface area contributed by atoms with E-state index < -0.39 is 17.6 Å². The summed E-state index contributed by atoms with van der Waals surface area (Å²) in [6.45, 7) is 0. The van der Waals surface area contributed by atoms with E-state index in [0.29, 0.717) is 11.3 Å². The highest BCUT2D eigenvalue weighted by Gasteiger charge is 2.31. The van der Waals surface area contributed by atoms with Crippen LogP contribution in [-0.4, -0.2) is 5.91 Å². The first-order chi connectivity index (χ1) is 8.86. The van der Waals surface area contributed by atoms with Crippen molar-refractivity contribution in [3.05, 3.63) is 46.8 Å². The molecule has 100 valence electrons. The molecule has 19 heavy (non-hydrogen) atoms. The van der Waals surface area contributed by atoms with Gasteiger partial charge in [-0.1, -0.05) is 0 Å². The van der Waals surface area contributed by atoms with Crippen molar-refractivity contribution in [2.75, 3.05) is 0 Å². The van der Waals surface area contributed by atoms with Crippen molar-refractivity contribution in [1.82, 2.24) is 0 Å². The van der Waals surface area contributed by atoms with Crippen LogP contribution in [0.3, 0.4) is 0 Å². The number of hydrogen-bond acceptors (Lipinski definition) is 3. The highest BCUT2D eigenvalue weighted by Crippen LogP contribution is 2.37. The standard InChI is InChI=1S/C12H8F3NO2S/c13-12(14,15)8-5-10(19-6-8)18-9-3-1-7(2-4-9)11(16)17/h1-6H,(H2,16,17). The minimum atomic E-state index is -4.38.